The number of nitrogens with one attached hydrogen (secondary N) is 1. The standard InChI is InChI=1S/C34H41NO/c1-7-11-24(3)28-20-21-31-29-12-9-10-13-32(29)36-33(31)30(28)19-16-26(22-23-35-6)25-14-17-27(18-15-25)34(4,5)8-2/h9-18,21-23,28,35H,7-8,19-20H2,1-6H3/b23-22-,24-11?,26-16+. The molecule has 3 aromatic rings. The van der Waals surface area contributed by atoms with E-state index >= 15 is 0 Å². The van der Waals surface area contributed by atoms with Crippen LogP contribution in [-0.4, -0.2) is 7.05 Å². The van der Waals surface area contributed by atoms with Gasteiger partial charge in [0.25, 0.3) is 0 Å². The van der Waals surface area contributed by atoms with E-state index in [2.05, 4.69) is 113 Å². The monoisotopic (exact) mass is 479 g/mol. The maximum atomic E-state index is 6.49. The van der Waals surface area contributed by atoms with Gasteiger partial charge in [-0.2, -0.15) is 0 Å². The molecule has 1 aliphatic rings. The smallest absolute Gasteiger partial charge is 0.135 e. The SMILES string of the molecule is CCC=C(C)C1CC=c2c(oc3ccccc23)=C1C/C=C(\C=C/NC)c1ccc(C(C)(C)CC)cc1. The molecule has 0 amide bonds. The molecule has 188 valence electrons. The van der Waals surface area contributed by atoms with Crippen molar-refractivity contribution in [2.45, 2.75) is 65.7 Å². The number of furan rings is 1. The average Bonchev–Trinajstić information content (AvgIpc) is 3.28. The molecule has 1 aliphatic carbocycles. The molecule has 1 aromatic heterocycles. The van der Waals surface area contributed by atoms with Gasteiger partial charge in [0, 0.05) is 23.6 Å². The van der Waals surface area contributed by atoms with Gasteiger partial charge in [-0.3, -0.25) is 0 Å². The van der Waals surface area contributed by atoms with Crippen molar-refractivity contribution < 1.29 is 4.42 Å². The molecule has 1 atom stereocenters. The van der Waals surface area contributed by atoms with Gasteiger partial charge in [-0.15, -0.1) is 0 Å². The Morgan fingerprint density at radius 3 is 2.50 bits per heavy atom. The van der Waals surface area contributed by atoms with Gasteiger partial charge in [-0.1, -0.05) is 94.0 Å². The highest BCUT2D eigenvalue weighted by molar-refractivity contribution is 5.81. The fourth-order valence-corrected chi connectivity index (χ4v) is 5.20. The van der Waals surface area contributed by atoms with Crippen molar-refractivity contribution in [3.8, 4) is 0 Å². The first kappa shape index (κ1) is 25.8. The predicted molar refractivity (Wildman–Crippen MR) is 156 cm³/mol. The van der Waals surface area contributed by atoms with Crippen LogP contribution in [0.5, 0.6) is 0 Å². The number of fused-ring (bicyclic) bond motifs is 3. The zero-order valence-corrected chi connectivity index (χ0v) is 22.8. The summed E-state index contributed by atoms with van der Waals surface area (Å²) >= 11 is 0. The minimum Gasteiger partial charge on any atom is -0.456 e. The molecule has 0 aliphatic heterocycles. The van der Waals surface area contributed by atoms with E-state index in [9.17, 15) is 0 Å². The van der Waals surface area contributed by atoms with E-state index in [0.29, 0.717) is 5.92 Å². The molecule has 0 spiro atoms. The molecule has 1 heterocycles. The van der Waals surface area contributed by atoms with Crippen LogP contribution in [0.4, 0.5) is 0 Å². The molecule has 2 nitrogen and oxygen atoms in total. The Morgan fingerprint density at radius 1 is 1.06 bits per heavy atom. The van der Waals surface area contributed by atoms with Gasteiger partial charge < -0.3 is 9.73 Å². The molecule has 1 unspecified atom stereocenters. The topological polar surface area (TPSA) is 25.2 Å². The van der Waals surface area contributed by atoms with E-state index in [-0.39, 0.29) is 5.41 Å². The highest BCUT2D eigenvalue weighted by Crippen LogP contribution is 2.32. The van der Waals surface area contributed by atoms with Gasteiger partial charge in [0.05, 0.1) is 0 Å². The summed E-state index contributed by atoms with van der Waals surface area (Å²) < 4.78 is 6.49. The average molecular weight is 480 g/mol. The van der Waals surface area contributed by atoms with E-state index in [0.717, 1.165) is 36.7 Å². The third kappa shape index (κ3) is 5.28. The van der Waals surface area contributed by atoms with Crippen LogP contribution in [0.2, 0.25) is 0 Å². The number of rotatable bonds is 9. The van der Waals surface area contributed by atoms with Crippen LogP contribution < -0.4 is 16.0 Å². The van der Waals surface area contributed by atoms with E-state index in [4.69, 9.17) is 4.42 Å². The van der Waals surface area contributed by atoms with E-state index in [1.807, 2.05) is 13.2 Å². The van der Waals surface area contributed by atoms with Crippen LogP contribution in [0, 0.1) is 5.92 Å². The number of benzene rings is 2. The number of hydrogen-bond acceptors (Lipinski definition) is 2. The van der Waals surface area contributed by atoms with Crippen LogP contribution in [-0.2, 0) is 5.41 Å². The number of para-hydroxylation sites is 1. The van der Waals surface area contributed by atoms with E-state index < -0.39 is 0 Å². The fourth-order valence-electron chi connectivity index (χ4n) is 5.20. The van der Waals surface area contributed by atoms with Crippen LogP contribution >= 0.6 is 0 Å². The van der Waals surface area contributed by atoms with Crippen LogP contribution in [0.25, 0.3) is 28.2 Å². The number of hydrogen-bond donors (Lipinski definition) is 1. The van der Waals surface area contributed by atoms with Gasteiger partial charge in [0.2, 0.25) is 0 Å². The third-order valence-electron chi connectivity index (χ3n) is 7.83. The third-order valence-corrected chi connectivity index (χ3v) is 7.83. The largest absolute Gasteiger partial charge is 0.456 e. The number of allylic oxidation sites excluding steroid dienone is 5. The fraction of sp³-hybridized carbons (Fsp3) is 0.353. The van der Waals surface area contributed by atoms with E-state index in [1.54, 1.807) is 0 Å². The Labute approximate surface area is 216 Å². The van der Waals surface area contributed by atoms with Crippen molar-refractivity contribution in [1.29, 1.82) is 0 Å². The molecule has 1 N–H and O–H groups in total. The van der Waals surface area contributed by atoms with Gasteiger partial charge in [0.1, 0.15) is 11.0 Å². The second-order valence-electron chi connectivity index (χ2n) is 10.5. The van der Waals surface area contributed by atoms with Crippen molar-refractivity contribution in [1.82, 2.24) is 5.32 Å². The van der Waals surface area contributed by atoms with Gasteiger partial charge >= 0.3 is 0 Å². The van der Waals surface area contributed by atoms with Crippen LogP contribution in [0.3, 0.4) is 0 Å². The molecule has 4 rings (SSSR count). The summed E-state index contributed by atoms with van der Waals surface area (Å²) in [5, 5.41) is 5.64. The summed E-state index contributed by atoms with van der Waals surface area (Å²) in [4.78, 5) is 0. The molecular formula is C34H41NO. The lowest BCUT2D eigenvalue weighted by Gasteiger charge is -2.23. The second kappa shape index (κ2) is 11.2. The van der Waals surface area contributed by atoms with Crippen LogP contribution in [0.1, 0.15) is 71.4 Å². The minimum absolute atomic E-state index is 0.186. The molecule has 0 fully saturated rings. The summed E-state index contributed by atoms with van der Waals surface area (Å²) in [6, 6.07) is 17.5. The Kier molecular flexibility index (Phi) is 8.04. The summed E-state index contributed by atoms with van der Waals surface area (Å²) in [7, 11) is 1.95. The molecule has 0 bridgehead atoms. The zero-order chi connectivity index (χ0) is 25.7. The summed E-state index contributed by atoms with van der Waals surface area (Å²) in [6.45, 7) is 11.4. The molecule has 0 saturated carbocycles. The quantitative estimate of drug-likeness (QED) is 0.252. The maximum Gasteiger partial charge on any atom is 0.135 e. The zero-order valence-electron chi connectivity index (χ0n) is 22.8. The molecule has 2 heteroatoms. The lowest BCUT2D eigenvalue weighted by molar-refractivity contribution is 0.506. The summed E-state index contributed by atoms with van der Waals surface area (Å²) in [5.41, 5.74) is 8.88. The normalized spacial score (nSPS) is 16.9. The Morgan fingerprint density at radius 2 is 1.81 bits per heavy atom. The predicted octanol–water partition coefficient (Wildman–Crippen LogP) is 7.63. The highest BCUT2D eigenvalue weighted by Gasteiger charge is 2.22. The van der Waals surface area contributed by atoms with Crippen molar-refractivity contribution in [2.75, 3.05) is 7.05 Å². The first-order valence-electron chi connectivity index (χ1n) is 13.4. The van der Waals surface area contributed by atoms with E-state index in [1.165, 1.54) is 38.5 Å². The summed E-state index contributed by atoms with van der Waals surface area (Å²) in [6.07, 6.45) is 15.4. The van der Waals surface area contributed by atoms with Crippen molar-refractivity contribution in [3.63, 3.8) is 0 Å². The highest BCUT2D eigenvalue weighted by atomic mass is 16.3. The van der Waals surface area contributed by atoms with Gasteiger partial charge in [0.15, 0.2) is 0 Å². The van der Waals surface area contributed by atoms with Crippen molar-refractivity contribution >= 4 is 28.2 Å². The first-order valence-corrected chi connectivity index (χ1v) is 13.4. The van der Waals surface area contributed by atoms with Crippen molar-refractivity contribution in [3.05, 3.63) is 100 Å². The minimum atomic E-state index is 0.186. The maximum absolute atomic E-state index is 6.49. The molecule has 0 saturated heterocycles. The second-order valence-corrected chi connectivity index (χ2v) is 10.5. The lowest BCUT2D eigenvalue weighted by atomic mass is 9.81. The Bertz CT molecular complexity index is 1410. The summed E-state index contributed by atoms with van der Waals surface area (Å²) in [5.74, 6) is 0.372. The molecule has 2 aromatic carbocycles. The van der Waals surface area contributed by atoms with Gasteiger partial charge in [-0.25, -0.2) is 0 Å². The van der Waals surface area contributed by atoms with Crippen molar-refractivity contribution in [2.24, 2.45) is 5.92 Å². The molecular weight excluding hydrogens is 438 g/mol. The Balaban J connectivity index is 1.81. The van der Waals surface area contributed by atoms with Gasteiger partial charge in [-0.05, 0) is 78.6 Å². The lowest BCUT2D eigenvalue weighted by Crippen LogP contribution is -2.30. The molecule has 36 heavy (non-hydrogen) atoms. The van der Waals surface area contributed by atoms with Crippen LogP contribution in [0.15, 0.2) is 82.9 Å². The Hall–Kier alpha value is -3.26. The first-order chi connectivity index (χ1) is 17.4. The molecule has 0 radical (unpaired) electrons.